The van der Waals surface area contributed by atoms with Gasteiger partial charge in [0.25, 0.3) is 0 Å². The van der Waals surface area contributed by atoms with E-state index in [2.05, 4.69) is 39.2 Å². The minimum Gasteiger partial charge on any atom is -0.207 e. The molecule has 0 fully saturated rings. The zero-order chi connectivity index (χ0) is 13.9. The van der Waals surface area contributed by atoms with Crippen molar-refractivity contribution in [1.82, 2.24) is 25.3 Å². The quantitative estimate of drug-likeness (QED) is 0.844. The molecule has 1 heterocycles. The first-order valence-corrected chi connectivity index (χ1v) is 7.29. The molecule has 0 spiro atoms. The lowest BCUT2D eigenvalue weighted by Gasteiger charge is -2.08. The van der Waals surface area contributed by atoms with Crippen LogP contribution in [0.4, 0.5) is 0 Å². The van der Waals surface area contributed by atoms with Gasteiger partial charge in [0.2, 0.25) is 10.0 Å². The SMILES string of the molecule is CC(C)c1ccc(S(=O)(=O)NCc2nn[nH]n2)cc1. The third-order valence-corrected chi connectivity index (χ3v) is 4.08. The summed E-state index contributed by atoms with van der Waals surface area (Å²) in [6.07, 6.45) is 0. The van der Waals surface area contributed by atoms with Crippen molar-refractivity contribution < 1.29 is 8.42 Å². The molecule has 0 aliphatic heterocycles. The second-order valence-corrected chi connectivity index (χ2v) is 6.14. The van der Waals surface area contributed by atoms with Gasteiger partial charge >= 0.3 is 0 Å². The van der Waals surface area contributed by atoms with Gasteiger partial charge in [0, 0.05) is 0 Å². The Morgan fingerprint density at radius 3 is 2.47 bits per heavy atom. The maximum atomic E-state index is 12.0. The highest BCUT2D eigenvalue weighted by atomic mass is 32.2. The van der Waals surface area contributed by atoms with Gasteiger partial charge in [-0.15, -0.1) is 10.2 Å². The van der Waals surface area contributed by atoms with Gasteiger partial charge in [-0.05, 0) is 23.6 Å². The molecule has 1 aromatic heterocycles. The number of hydrogen-bond donors (Lipinski definition) is 2. The molecule has 102 valence electrons. The summed E-state index contributed by atoms with van der Waals surface area (Å²) in [6, 6.07) is 6.81. The summed E-state index contributed by atoms with van der Waals surface area (Å²) in [7, 11) is -3.55. The molecule has 0 saturated carbocycles. The fourth-order valence-electron chi connectivity index (χ4n) is 1.53. The molecule has 19 heavy (non-hydrogen) atoms. The number of tetrazole rings is 1. The summed E-state index contributed by atoms with van der Waals surface area (Å²) in [5, 5.41) is 13.0. The molecule has 0 saturated heterocycles. The van der Waals surface area contributed by atoms with Crippen molar-refractivity contribution in [2.75, 3.05) is 0 Å². The van der Waals surface area contributed by atoms with Gasteiger partial charge < -0.3 is 0 Å². The third-order valence-electron chi connectivity index (χ3n) is 2.67. The zero-order valence-electron chi connectivity index (χ0n) is 10.7. The van der Waals surface area contributed by atoms with Gasteiger partial charge in [0.1, 0.15) is 0 Å². The van der Waals surface area contributed by atoms with Crippen LogP contribution in [-0.4, -0.2) is 29.0 Å². The molecule has 2 aromatic rings. The maximum Gasteiger partial charge on any atom is 0.240 e. The van der Waals surface area contributed by atoms with E-state index in [1.807, 2.05) is 12.1 Å². The van der Waals surface area contributed by atoms with Crippen LogP contribution >= 0.6 is 0 Å². The summed E-state index contributed by atoms with van der Waals surface area (Å²) in [5.41, 5.74) is 1.09. The lowest BCUT2D eigenvalue weighted by molar-refractivity contribution is 0.579. The lowest BCUT2D eigenvalue weighted by atomic mass is 10.0. The van der Waals surface area contributed by atoms with Crippen molar-refractivity contribution in [1.29, 1.82) is 0 Å². The Bertz CT molecular complexity index is 620. The van der Waals surface area contributed by atoms with E-state index in [0.29, 0.717) is 11.7 Å². The number of rotatable bonds is 5. The maximum absolute atomic E-state index is 12.0. The van der Waals surface area contributed by atoms with Crippen LogP contribution in [0.5, 0.6) is 0 Å². The van der Waals surface area contributed by atoms with Crippen molar-refractivity contribution in [3.63, 3.8) is 0 Å². The molecule has 0 aliphatic rings. The number of benzene rings is 1. The number of hydrogen-bond acceptors (Lipinski definition) is 5. The van der Waals surface area contributed by atoms with Crippen LogP contribution in [0.3, 0.4) is 0 Å². The highest BCUT2D eigenvalue weighted by Gasteiger charge is 2.14. The average Bonchev–Trinajstić information content (AvgIpc) is 2.90. The first-order valence-electron chi connectivity index (χ1n) is 5.81. The van der Waals surface area contributed by atoms with Crippen LogP contribution in [0, 0.1) is 0 Å². The molecule has 0 aliphatic carbocycles. The van der Waals surface area contributed by atoms with Gasteiger partial charge in [-0.3, -0.25) is 0 Å². The Kier molecular flexibility index (Phi) is 3.91. The number of sulfonamides is 1. The molecular formula is C11H15N5O2S. The van der Waals surface area contributed by atoms with E-state index >= 15 is 0 Å². The predicted molar refractivity (Wildman–Crippen MR) is 68.7 cm³/mol. The normalized spacial score (nSPS) is 11.9. The number of nitrogens with zero attached hydrogens (tertiary/aromatic N) is 3. The molecule has 7 nitrogen and oxygen atoms in total. The summed E-state index contributed by atoms with van der Waals surface area (Å²) < 4.78 is 26.4. The predicted octanol–water partition coefficient (Wildman–Crippen LogP) is 0.802. The van der Waals surface area contributed by atoms with Crippen molar-refractivity contribution in [2.24, 2.45) is 0 Å². The van der Waals surface area contributed by atoms with Crippen molar-refractivity contribution in [3.05, 3.63) is 35.7 Å². The van der Waals surface area contributed by atoms with Crippen LogP contribution < -0.4 is 4.72 Å². The summed E-state index contributed by atoms with van der Waals surface area (Å²) in [5.74, 6) is 0.659. The Morgan fingerprint density at radius 1 is 1.26 bits per heavy atom. The van der Waals surface area contributed by atoms with E-state index < -0.39 is 10.0 Å². The fraction of sp³-hybridized carbons (Fsp3) is 0.364. The van der Waals surface area contributed by atoms with E-state index in [9.17, 15) is 8.42 Å². The third kappa shape index (κ3) is 3.36. The molecule has 2 rings (SSSR count). The topological polar surface area (TPSA) is 101 Å². The van der Waals surface area contributed by atoms with Crippen LogP contribution in [-0.2, 0) is 16.6 Å². The lowest BCUT2D eigenvalue weighted by Crippen LogP contribution is -2.23. The van der Waals surface area contributed by atoms with E-state index in [0.717, 1.165) is 5.56 Å². The molecule has 0 amide bonds. The molecule has 0 unspecified atom stereocenters. The minimum atomic E-state index is -3.55. The van der Waals surface area contributed by atoms with Gasteiger partial charge in [0.15, 0.2) is 5.82 Å². The van der Waals surface area contributed by atoms with Crippen LogP contribution in [0.2, 0.25) is 0 Å². The monoisotopic (exact) mass is 281 g/mol. The Labute approximate surface area is 111 Å². The highest BCUT2D eigenvalue weighted by molar-refractivity contribution is 7.89. The second-order valence-electron chi connectivity index (χ2n) is 4.38. The van der Waals surface area contributed by atoms with Crippen molar-refractivity contribution in [3.8, 4) is 0 Å². The van der Waals surface area contributed by atoms with Crippen LogP contribution in [0.25, 0.3) is 0 Å². The first-order chi connectivity index (χ1) is 8.99. The Balaban J connectivity index is 2.10. The van der Waals surface area contributed by atoms with Crippen molar-refractivity contribution in [2.45, 2.75) is 31.2 Å². The summed E-state index contributed by atoms with van der Waals surface area (Å²) in [4.78, 5) is 0.223. The molecule has 1 aromatic carbocycles. The summed E-state index contributed by atoms with van der Waals surface area (Å²) in [6.45, 7) is 4.11. The number of nitrogens with one attached hydrogen (secondary N) is 2. The fourth-order valence-corrected chi connectivity index (χ4v) is 2.51. The van der Waals surface area contributed by atoms with Gasteiger partial charge in [0.05, 0.1) is 11.4 Å². The summed E-state index contributed by atoms with van der Waals surface area (Å²) >= 11 is 0. The number of aromatic nitrogens is 4. The standard InChI is InChI=1S/C11H15N5O2S/c1-8(2)9-3-5-10(6-4-9)19(17,18)12-7-11-13-15-16-14-11/h3-6,8,12H,7H2,1-2H3,(H,13,14,15,16). The zero-order valence-corrected chi connectivity index (χ0v) is 11.5. The van der Waals surface area contributed by atoms with Gasteiger partial charge in [-0.2, -0.15) is 5.21 Å². The molecule has 0 atom stereocenters. The van der Waals surface area contributed by atoms with E-state index in [1.54, 1.807) is 12.1 Å². The second kappa shape index (κ2) is 5.45. The molecule has 0 bridgehead atoms. The van der Waals surface area contributed by atoms with Gasteiger partial charge in [-0.25, -0.2) is 13.1 Å². The number of aromatic amines is 1. The van der Waals surface area contributed by atoms with E-state index in [-0.39, 0.29) is 11.4 Å². The molecule has 0 radical (unpaired) electrons. The largest absolute Gasteiger partial charge is 0.240 e. The molecule has 2 N–H and O–H groups in total. The molecule has 8 heteroatoms. The van der Waals surface area contributed by atoms with Gasteiger partial charge in [-0.1, -0.05) is 31.2 Å². The first kappa shape index (κ1) is 13.6. The number of H-pyrrole nitrogens is 1. The Morgan fingerprint density at radius 2 is 1.95 bits per heavy atom. The van der Waals surface area contributed by atoms with E-state index in [1.165, 1.54) is 0 Å². The average molecular weight is 281 g/mol. The van der Waals surface area contributed by atoms with Crippen LogP contribution in [0.15, 0.2) is 29.2 Å². The Hall–Kier alpha value is -1.80. The highest BCUT2D eigenvalue weighted by Crippen LogP contribution is 2.17. The molecular weight excluding hydrogens is 266 g/mol. The minimum absolute atomic E-state index is 0.00473. The van der Waals surface area contributed by atoms with E-state index in [4.69, 9.17) is 0 Å². The van der Waals surface area contributed by atoms with Crippen LogP contribution in [0.1, 0.15) is 31.2 Å². The smallest absolute Gasteiger partial charge is 0.207 e. The van der Waals surface area contributed by atoms with Crippen molar-refractivity contribution >= 4 is 10.0 Å².